The molecule has 0 aromatic carbocycles. The first kappa shape index (κ1) is 22.1. The van der Waals surface area contributed by atoms with Crippen LogP contribution in [0.2, 0.25) is 0 Å². The number of aryl methyl sites for hydroxylation is 1. The van der Waals surface area contributed by atoms with Gasteiger partial charge in [0.15, 0.2) is 5.96 Å². The predicted molar refractivity (Wildman–Crippen MR) is 122 cm³/mol. The Hall–Kier alpha value is -1.20. The minimum absolute atomic E-state index is 0. The third-order valence-corrected chi connectivity index (χ3v) is 5.44. The normalized spacial score (nSPS) is 15.6. The molecule has 1 saturated heterocycles. The Bertz CT molecular complexity index is 678. The highest BCUT2D eigenvalue weighted by Crippen LogP contribution is 2.13. The average Bonchev–Trinajstić information content (AvgIpc) is 3.33. The van der Waals surface area contributed by atoms with Crippen molar-refractivity contribution in [2.45, 2.75) is 33.4 Å². The number of aliphatic imine (C=N–C) groups is 1. The van der Waals surface area contributed by atoms with Gasteiger partial charge in [-0.1, -0.05) is 13.0 Å². The van der Waals surface area contributed by atoms with Crippen molar-refractivity contribution >= 4 is 41.3 Å². The Morgan fingerprint density at radius 1 is 1.26 bits per heavy atom. The molecule has 150 valence electrons. The van der Waals surface area contributed by atoms with E-state index in [1.807, 2.05) is 11.3 Å². The highest BCUT2D eigenvalue weighted by atomic mass is 127. The zero-order valence-corrected chi connectivity index (χ0v) is 19.3. The first-order valence-corrected chi connectivity index (χ1v) is 10.3. The Balaban J connectivity index is 0.00000261. The molecule has 3 rings (SSSR count). The lowest BCUT2D eigenvalue weighted by Gasteiger charge is -2.36. The van der Waals surface area contributed by atoms with Crippen LogP contribution in [0.1, 0.15) is 24.5 Å². The van der Waals surface area contributed by atoms with Crippen LogP contribution in [0, 0.1) is 0 Å². The fraction of sp³-hybridized carbons (Fsp3) is 0.611. The number of piperazine rings is 1. The van der Waals surface area contributed by atoms with Crippen molar-refractivity contribution in [2.24, 2.45) is 4.99 Å². The molecule has 2 aromatic heterocycles. The van der Waals surface area contributed by atoms with Crippen molar-refractivity contribution in [3.8, 4) is 0 Å². The number of hydrogen-bond donors (Lipinski definition) is 1. The van der Waals surface area contributed by atoms with Crippen LogP contribution in [0.15, 0.2) is 28.8 Å². The van der Waals surface area contributed by atoms with E-state index >= 15 is 0 Å². The number of nitrogens with one attached hydrogen (secondary N) is 1. The van der Waals surface area contributed by atoms with Gasteiger partial charge < -0.3 is 14.8 Å². The molecule has 27 heavy (non-hydrogen) atoms. The lowest BCUT2D eigenvalue weighted by atomic mass is 10.3. The van der Waals surface area contributed by atoms with E-state index in [0.29, 0.717) is 0 Å². The van der Waals surface area contributed by atoms with Gasteiger partial charge in [0.05, 0.1) is 6.54 Å². The number of halogens is 1. The van der Waals surface area contributed by atoms with E-state index in [0.717, 1.165) is 70.6 Å². The second-order valence-electron chi connectivity index (χ2n) is 6.37. The predicted octanol–water partition coefficient (Wildman–Crippen LogP) is 2.30. The topological polar surface area (TPSA) is 61.6 Å². The zero-order chi connectivity index (χ0) is 18.2. The van der Waals surface area contributed by atoms with E-state index in [4.69, 9.17) is 4.99 Å². The molecular formula is C18H30IN7S. The Kier molecular flexibility index (Phi) is 9.49. The van der Waals surface area contributed by atoms with E-state index in [1.165, 1.54) is 4.88 Å². The van der Waals surface area contributed by atoms with Gasteiger partial charge in [-0.25, -0.2) is 0 Å². The van der Waals surface area contributed by atoms with Crippen molar-refractivity contribution in [1.29, 1.82) is 0 Å². The molecule has 2 aromatic rings. The van der Waals surface area contributed by atoms with Crippen LogP contribution in [0.3, 0.4) is 0 Å². The van der Waals surface area contributed by atoms with Crippen LogP contribution in [0.5, 0.6) is 0 Å². The Morgan fingerprint density at radius 3 is 2.74 bits per heavy atom. The number of rotatable bonds is 7. The van der Waals surface area contributed by atoms with Crippen LogP contribution in [-0.4, -0.2) is 69.8 Å². The standard InChI is InChI=1S/C18H29N7S.HI/c1-3-17-22-21-15-25(17)8-7-20-18(19-4-2)24-11-9-23(10-12-24)14-16-6-5-13-26-16;/h5-6,13,15H,3-4,7-12,14H2,1-2H3,(H,19,20);1H. The maximum atomic E-state index is 4.83. The zero-order valence-electron chi connectivity index (χ0n) is 16.2. The first-order chi connectivity index (χ1) is 12.8. The summed E-state index contributed by atoms with van der Waals surface area (Å²) in [6.45, 7) is 11.9. The summed E-state index contributed by atoms with van der Waals surface area (Å²) in [4.78, 5) is 11.2. The van der Waals surface area contributed by atoms with Gasteiger partial charge in [-0.05, 0) is 18.4 Å². The number of guanidine groups is 1. The molecule has 7 nitrogen and oxygen atoms in total. The molecule has 0 radical (unpaired) electrons. The third kappa shape index (κ3) is 6.42. The largest absolute Gasteiger partial charge is 0.357 e. The molecule has 0 amide bonds. The molecule has 9 heteroatoms. The van der Waals surface area contributed by atoms with Crippen molar-refractivity contribution in [1.82, 2.24) is 29.9 Å². The van der Waals surface area contributed by atoms with Crippen LogP contribution in [0.4, 0.5) is 0 Å². The quantitative estimate of drug-likeness (QED) is 0.357. The minimum atomic E-state index is 0. The van der Waals surface area contributed by atoms with Crippen LogP contribution in [0.25, 0.3) is 0 Å². The fourth-order valence-electron chi connectivity index (χ4n) is 3.17. The first-order valence-electron chi connectivity index (χ1n) is 9.44. The Morgan fingerprint density at radius 2 is 2.07 bits per heavy atom. The van der Waals surface area contributed by atoms with Crippen molar-refractivity contribution in [2.75, 3.05) is 39.3 Å². The SMILES string of the molecule is CCNC(=NCCn1cnnc1CC)N1CCN(Cc2cccs2)CC1.I. The van der Waals surface area contributed by atoms with Crippen molar-refractivity contribution in [3.05, 3.63) is 34.5 Å². The van der Waals surface area contributed by atoms with Crippen molar-refractivity contribution in [3.63, 3.8) is 0 Å². The van der Waals surface area contributed by atoms with Crippen molar-refractivity contribution < 1.29 is 0 Å². The summed E-state index contributed by atoms with van der Waals surface area (Å²) in [6, 6.07) is 4.35. The van der Waals surface area contributed by atoms with E-state index in [9.17, 15) is 0 Å². The summed E-state index contributed by atoms with van der Waals surface area (Å²) in [5.41, 5.74) is 0. The van der Waals surface area contributed by atoms with Gasteiger partial charge in [-0.3, -0.25) is 9.89 Å². The maximum Gasteiger partial charge on any atom is 0.194 e. The minimum Gasteiger partial charge on any atom is -0.357 e. The summed E-state index contributed by atoms with van der Waals surface area (Å²) in [5.74, 6) is 2.04. The van der Waals surface area contributed by atoms with E-state index in [-0.39, 0.29) is 24.0 Å². The van der Waals surface area contributed by atoms with Gasteiger partial charge in [-0.15, -0.1) is 45.5 Å². The smallest absolute Gasteiger partial charge is 0.194 e. The highest BCUT2D eigenvalue weighted by molar-refractivity contribution is 14.0. The van der Waals surface area contributed by atoms with Crippen LogP contribution in [-0.2, 0) is 19.5 Å². The van der Waals surface area contributed by atoms with Gasteiger partial charge in [0.1, 0.15) is 12.2 Å². The summed E-state index contributed by atoms with van der Waals surface area (Å²) in [7, 11) is 0. The van der Waals surface area contributed by atoms with E-state index in [1.54, 1.807) is 6.33 Å². The monoisotopic (exact) mass is 503 g/mol. The molecule has 1 aliphatic heterocycles. The highest BCUT2D eigenvalue weighted by Gasteiger charge is 2.19. The number of thiophene rings is 1. The molecule has 0 spiro atoms. The molecule has 3 heterocycles. The third-order valence-electron chi connectivity index (χ3n) is 4.58. The lowest BCUT2D eigenvalue weighted by molar-refractivity contribution is 0.173. The second kappa shape index (κ2) is 11.6. The molecular weight excluding hydrogens is 473 g/mol. The molecule has 1 fully saturated rings. The van der Waals surface area contributed by atoms with Crippen LogP contribution < -0.4 is 5.32 Å². The fourth-order valence-corrected chi connectivity index (χ4v) is 3.92. The van der Waals surface area contributed by atoms with Gasteiger partial charge in [0, 0.05) is 57.1 Å². The summed E-state index contributed by atoms with van der Waals surface area (Å²) < 4.78 is 2.09. The summed E-state index contributed by atoms with van der Waals surface area (Å²) in [5, 5.41) is 13.7. The van der Waals surface area contributed by atoms with E-state index in [2.05, 4.69) is 61.2 Å². The average molecular weight is 503 g/mol. The molecule has 0 atom stereocenters. The molecule has 1 N–H and O–H groups in total. The molecule has 0 aliphatic carbocycles. The van der Waals surface area contributed by atoms with Gasteiger partial charge >= 0.3 is 0 Å². The summed E-state index contributed by atoms with van der Waals surface area (Å²) in [6.07, 6.45) is 2.70. The van der Waals surface area contributed by atoms with Gasteiger partial charge in [0.2, 0.25) is 0 Å². The van der Waals surface area contributed by atoms with Crippen LogP contribution >= 0.6 is 35.3 Å². The molecule has 0 saturated carbocycles. The number of nitrogens with zero attached hydrogens (tertiary/aromatic N) is 6. The van der Waals surface area contributed by atoms with E-state index < -0.39 is 0 Å². The number of hydrogen-bond acceptors (Lipinski definition) is 5. The molecule has 0 bridgehead atoms. The number of aromatic nitrogens is 3. The van der Waals surface area contributed by atoms with Gasteiger partial charge in [0.25, 0.3) is 0 Å². The lowest BCUT2D eigenvalue weighted by Crippen LogP contribution is -2.52. The Labute approximate surface area is 182 Å². The maximum absolute atomic E-state index is 4.83. The second-order valence-corrected chi connectivity index (χ2v) is 7.40. The molecule has 0 unspecified atom stereocenters. The molecule has 1 aliphatic rings. The summed E-state index contributed by atoms with van der Waals surface area (Å²) >= 11 is 1.84. The van der Waals surface area contributed by atoms with Gasteiger partial charge in [-0.2, -0.15) is 0 Å².